The Bertz CT molecular complexity index is 1360. The number of aryl methyl sites for hydroxylation is 2. The van der Waals surface area contributed by atoms with E-state index >= 15 is 0 Å². The lowest BCUT2D eigenvalue weighted by molar-refractivity contribution is -0.136. The fourth-order valence-corrected chi connectivity index (χ4v) is 5.57. The van der Waals surface area contributed by atoms with Crippen molar-refractivity contribution in [1.29, 1.82) is 0 Å². The van der Waals surface area contributed by atoms with E-state index in [1.54, 1.807) is 29.1 Å². The van der Waals surface area contributed by atoms with Crippen molar-refractivity contribution in [2.24, 2.45) is 7.05 Å². The van der Waals surface area contributed by atoms with E-state index in [0.29, 0.717) is 6.42 Å². The van der Waals surface area contributed by atoms with Crippen LogP contribution in [0, 0.1) is 0 Å². The smallest absolute Gasteiger partial charge is 0.303 e. The van der Waals surface area contributed by atoms with Crippen molar-refractivity contribution in [2.75, 3.05) is 0 Å². The SMILES string of the molecule is Cn1cnc(S(=O)(=O)N(Cc2ccc(-c3nccs3)cc2)Cc2cccc(CCC(=O)O)c2)c1. The summed E-state index contributed by atoms with van der Waals surface area (Å²) in [5.41, 5.74) is 3.44. The minimum atomic E-state index is -3.87. The van der Waals surface area contributed by atoms with E-state index < -0.39 is 16.0 Å². The topological polar surface area (TPSA) is 105 Å². The van der Waals surface area contributed by atoms with E-state index in [9.17, 15) is 13.2 Å². The van der Waals surface area contributed by atoms with Crippen LogP contribution in [0.4, 0.5) is 0 Å². The molecule has 0 bridgehead atoms. The second kappa shape index (κ2) is 10.3. The van der Waals surface area contributed by atoms with Gasteiger partial charge in [0.15, 0.2) is 5.03 Å². The fraction of sp³-hybridized carbons (Fsp3) is 0.208. The van der Waals surface area contributed by atoms with Gasteiger partial charge in [-0.05, 0) is 23.1 Å². The molecular formula is C24H24N4O4S2. The Balaban J connectivity index is 1.61. The van der Waals surface area contributed by atoms with Crippen molar-refractivity contribution >= 4 is 27.3 Å². The number of rotatable bonds is 10. The number of carboxylic acid groups (broad SMARTS) is 1. The highest BCUT2D eigenvalue weighted by molar-refractivity contribution is 7.89. The first-order chi connectivity index (χ1) is 16.3. The minimum absolute atomic E-state index is 0.0172. The molecule has 0 aliphatic heterocycles. The maximum Gasteiger partial charge on any atom is 0.303 e. The first-order valence-electron chi connectivity index (χ1n) is 10.6. The summed E-state index contributed by atoms with van der Waals surface area (Å²) in [6.07, 6.45) is 5.09. The van der Waals surface area contributed by atoms with Crippen LogP contribution in [0.2, 0.25) is 0 Å². The summed E-state index contributed by atoms with van der Waals surface area (Å²) in [5, 5.41) is 11.8. The molecule has 1 N–H and O–H groups in total. The highest BCUT2D eigenvalue weighted by Crippen LogP contribution is 2.24. The van der Waals surface area contributed by atoms with Gasteiger partial charge < -0.3 is 9.67 Å². The molecule has 0 fully saturated rings. The zero-order chi connectivity index (χ0) is 24.1. The predicted octanol–water partition coefficient (Wildman–Crippen LogP) is 3.95. The molecule has 10 heteroatoms. The third-order valence-corrected chi connectivity index (χ3v) is 7.75. The normalized spacial score (nSPS) is 11.7. The number of imidazole rings is 1. The van der Waals surface area contributed by atoms with Crippen LogP contribution in [-0.4, -0.2) is 38.3 Å². The van der Waals surface area contributed by atoms with Gasteiger partial charge in [0.25, 0.3) is 10.0 Å². The van der Waals surface area contributed by atoms with E-state index in [0.717, 1.165) is 27.3 Å². The predicted molar refractivity (Wildman–Crippen MR) is 130 cm³/mol. The van der Waals surface area contributed by atoms with E-state index in [1.165, 1.54) is 16.8 Å². The van der Waals surface area contributed by atoms with Crippen molar-refractivity contribution in [3.63, 3.8) is 0 Å². The molecule has 2 aromatic heterocycles. The number of carbonyl (C=O) groups is 1. The van der Waals surface area contributed by atoms with Crippen molar-refractivity contribution in [3.05, 3.63) is 89.3 Å². The van der Waals surface area contributed by atoms with Crippen LogP contribution in [-0.2, 0) is 41.4 Å². The largest absolute Gasteiger partial charge is 0.481 e. The highest BCUT2D eigenvalue weighted by Gasteiger charge is 2.27. The van der Waals surface area contributed by atoms with Crippen LogP contribution < -0.4 is 0 Å². The number of hydrogen-bond acceptors (Lipinski definition) is 6. The first kappa shape index (κ1) is 23.8. The third-order valence-electron chi connectivity index (χ3n) is 5.26. The van der Waals surface area contributed by atoms with E-state index in [1.807, 2.05) is 53.9 Å². The molecule has 0 spiro atoms. The number of nitrogens with zero attached hydrogens (tertiary/aromatic N) is 4. The molecule has 8 nitrogen and oxygen atoms in total. The number of benzene rings is 2. The van der Waals surface area contributed by atoms with Crippen LogP contribution in [0.5, 0.6) is 0 Å². The zero-order valence-corrected chi connectivity index (χ0v) is 20.2. The van der Waals surface area contributed by atoms with Crippen LogP contribution in [0.1, 0.15) is 23.1 Å². The summed E-state index contributed by atoms with van der Waals surface area (Å²) in [4.78, 5) is 19.3. The van der Waals surface area contributed by atoms with Gasteiger partial charge in [-0.1, -0.05) is 48.5 Å². The second-order valence-electron chi connectivity index (χ2n) is 7.90. The molecule has 2 aromatic carbocycles. The maximum atomic E-state index is 13.5. The van der Waals surface area contributed by atoms with Crippen LogP contribution >= 0.6 is 11.3 Å². The van der Waals surface area contributed by atoms with Crippen molar-refractivity contribution < 1.29 is 18.3 Å². The van der Waals surface area contributed by atoms with Gasteiger partial charge in [-0.15, -0.1) is 11.3 Å². The van der Waals surface area contributed by atoms with Gasteiger partial charge >= 0.3 is 5.97 Å². The zero-order valence-electron chi connectivity index (χ0n) is 18.5. The molecule has 2 heterocycles. The van der Waals surface area contributed by atoms with Gasteiger partial charge in [0, 0.05) is 49.9 Å². The van der Waals surface area contributed by atoms with Crippen molar-refractivity contribution in [2.45, 2.75) is 31.0 Å². The van der Waals surface area contributed by atoms with Gasteiger partial charge in [0.2, 0.25) is 0 Å². The Labute approximate surface area is 202 Å². The van der Waals surface area contributed by atoms with Crippen LogP contribution in [0.15, 0.2) is 77.7 Å². The maximum absolute atomic E-state index is 13.5. The van der Waals surface area contributed by atoms with E-state index in [2.05, 4.69) is 9.97 Å². The Morgan fingerprint density at radius 2 is 1.79 bits per heavy atom. The Hall–Kier alpha value is -3.34. The van der Waals surface area contributed by atoms with Gasteiger partial charge in [0.1, 0.15) is 5.01 Å². The van der Waals surface area contributed by atoms with Gasteiger partial charge in [-0.2, -0.15) is 4.31 Å². The molecule has 0 unspecified atom stereocenters. The van der Waals surface area contributed by atoms with Crippen molar-refractivity contribution in [3.8, 4) is 10.6 Å². The molecule has 0 aliphatic carbocycles. The van der Waals surface area contributed by atoms with Crippen LogP contribution in [0.25, 0.3) is 10.6 Å². The lowest BCUT2D eigenvalue weighted by atomic mass is 10.1. The summed E-state index contributed by atoms with van der Waals surface area (Å²) in [5.74, 6) is -0.869. The average molecular weight is 497 g/mol. The third kappa shape index (κ3) is 5.77. The fourth-order valence-electron chi connectivity index (χ4n) is 3.54. The van der Waals surface area contributed by atoms with Crippen molar-refractivity contribution in [1.82, 2.24) is 18.8 Å². The molecule has 34 heavy (non-hydrogen) atoms. The van der Waals surface area contributed by atoms with E-state index in [-0.39, 0.29) is 24.5 Å². The number of thiazole rings is 1. The summed E-state index contributed by atoms with van der Waals surface area (Å²) < 4.78 is 29.9. The van der Waals surface area contributed by atoms with Gasteiger partial charge in [0.05, 0.1) is 6.33 Å². The average Bonchev–Trinajstić information content (AvgIpc) is 3.50. The standard InChI is InChI=1S/C24H24N4O4S2/c1-27-16-22(26-17-27)34(31,32)28(15-20-4-2-3-18(13-20)7-10-23(29)30)14-19-5-8-21(9-6-19)24-25-11-12-33-24/h2-6,8-9,11-13,16-17H,7,10,14-15H2,1H3,(H,29,30). The summed E-state index contributed by atoms with van der Waals surface area (Å²) in [6, 6.07) is 15.1. The Kier molecular flexibility index (Phi) is 7.20. The minimum Gasteiger partial charge on any atom is -0.481 e. The molecule has 0 saturated heterocycles. The molecule has 0 aliphatic rings. The number of hydrogen-bond donors (Lipinski definition) is 1. The summed E-state index contributed by atoms with van der Waals surface area (Å²) >= 11 is 1.54. The summed E-state index contributed by atoms with van der Waals surface area (Å²) in [6.45, 7) is 0.296. The van der Waals surface area contributed by atoms with Crippen LogP contribution in [0.3, 0.4) is 0 Å². The molecule has 0 amide bonds. The molecule has 4 rings (SSSR count). The number of carboxylic acids is 1. The highest BCUT2D eigenvalue weighted by atomic mass is 32.2. The van der Waals surface area contributed by atoms with Gasteiger partial charge in [-0.25, -0.2) is 18.4 Å². The molecular weight excluding hydrogens is 472 g/mol. The monoisotopic (exact) mass is 496 g/mol. The molecule has 0 radical (unpaired) electrons. The molecule has 176 valence electrons. The quantitative estimate of drug-likeness (QED) is 0.356. The summed E-state index contributed by atoms with van der Waals surface area (Å²) in [7, 11) is -2.15. The van der Waals surface area contributed by atoms with E-state index in [4.69, 9.17) is 5.11 Å². The molecule has 4 aromatic rings. The second-order valence-corrected chi connectivity index (χ2v) is 10.7. The number of aliphatic carboxylic acids is 1. The lowest BCUT2D eigenvalue weighted by Crippen LogP contribution is -2.30. The van der Waals surface area contributed by atoms with Gasteiger partial charge in [-0.3, -0.25) is 4.79 Å². The first-order valence-corrected chi connectivity index (χ1v) is 12.9. The molecule has 0 atom stereocenters. The lowest BCUT2D eigenvalue weighted by Gasteiger charge is -2.22. The number of sulfonamides is 1. The Morgan fingerprint density at radius 1 is 1.06 bits per heavy atom. The Morgan fingerprint density at radius 3 is 2.44 bits per heavy atom. The molecule has 0 saturated carbocycles. The number of aromatic nitrogens is 3.